The lowest BCUT2D eigenvalue weighted by Crippen LogP contribution is -2.36. The van der Waals surface area contributed by atoms with Crippen molar-refractivity contribution in [2.45, 2.75) is 57.2 Å². The highest BCUT2D eigenvalue weighted by molar-refractivity contribution is 7.93. The molecule has 0 radical (unpaired) electrons. The van der Waals surface area contributed by atoms with Crippen LogP contribution < -0.4 is 15.4 Å². The first-order chi connectivity index (χ1) is 17.3. The molecule has 0 saturated heterocycles. The van der Waals surface area contributed by atoms with Gasteiger partial charge in [-0.25, -0.2) is 32.6 Å². The van der Waals surface area contributed by atoms with Gasteiger partial charge in [0, 0.05) is 29.8 Å². The average molecular weight is 532 g/mol. The average Bonchev–Trinajstić information content (AvgIpc) is 3.58. The number of anilines is 2. The van der Waals surface area contributed by atoms with Crippen LogP contribution in [0.3, 0.4) is 0 Å². The van der Waals surface area contributed by atoms with Gasteiger partial charge in [-0.15, -0.1) is 0 Å². The van der Waals surface area contributed by atoms with Gasteiger partial charge in [0.05, 0.1) is 22.3 Å². The number of aromatic nitrogens is 4. The predicted molar refractivity (Wildman–Crippen MR) is 138 cm³/mol. The Morgan fingerprint density at radius 2 is 1.97 bits per heavy atom. The zero-order valence-electron chi connectivity index (χ0n) is 21.0. The van der Waals surface area contributed by atoms with E-state index < -0.39 is 38.6 Å². The van der Waals surface area contributed by atoms with E-state index in [0.29, 0.717) is 30.1 Å². The molecule has 1 atom stereocenters. The molecular formula is C24H30FN7O4S. The van der Waals surface area contributed by atoms with Crippen LogP contribution in [0.5, 0.6) is 0 Å². The second kappa shape index (κ2) is 9.96. The molecule has 2 heterocycles. The number of hydrogen-bond donors (Lipinski definition) is 5. The topological polar surface area (TPSA) is 162 Å². The number of amides is 1. The highest BCUT2D eigenvalue weighted by atomic mass is 32.2. The predicted octanol–water partition coefficient (Wildman–Crippen LogP) is 3.94. The molecule has 1 aromatic carbocycles. The van der Waals surface area contributed by atoms with Gasteiger partial charge in [0.2, 0.25) is 16.0 Å². The Morgan fingerprint density at radius 3 is 2.62 bits per heavy atom. The van der Waals surface area contributed by atoms with Crippen molar-refractivity contribution in [3.63, 3.8) is 0 Å². The standard InChI is InChI=1S/C24H30FN7O4S/c1-13(28-23(33)34)12-27-22-26-11-10-17(29-22)20-19(30-21(31-20)24(2,3)4)15-6-5-7-16(18(15)25)32-37(35,36)14-8-9-14/h5-7,10-11,13-14,28,32H,8-9,12H2,1-4H3,(H,30,31)(H,33,34)(H,26,27,29). The van der Waals surface area contributed by atoms with Crippen molar-refractivity contribution in [3.8, 4) is 22.6 Å². The van der Waals surface area contributed by atoms with E-state index in [2.05, 4.69) is 35.3 Å². The number of carboxylic acid groups (broad SMARTS) is 1. The highest BCUT2D eigenvalue weighted by Gasteiger charge is 2.36. The fourth-order valence-corrected chi connectivity index (χ4v) is 4.99. The lowest BCUT2D eigenvalue weighted by Gasteiger charge is -2.14. The summed E-state index contributed by atoms with van der Waals surface area (Å²) in [6, 6.07) is 5.74. The van der Waals surface area contributed by atoms with E-state index in [9.17, 15) is 13.2 Å². The number of sulfonamides is 1. The Morgan fingerprint density at radius 1 is 1.24 bits per heavy atom. The van der Waals surface area contributed by atoms with Crippen molar-refractivity contribution >= 4 is 27.8 Å². The van der Waals surface area contributed by atoms with E-state index in [1.54, 1.807) is 19.1 Å². The summed E-state index contributed by atoms with van der Waals surface area (Å²) in [6.45, 7) is 7.82. The van der Waals surface area contributed by atoms with E-state index in [1.165, 1.54) is 18.3 Å². The Hall–Kier alpha value is -3.74. The minimum absolute atomic E-state index is 0.116. The summed E-state index contributed by atoms with van der Waals surface area (Å²) >= 11 is 0. The van der Waals surface area contributed by atoms with Gasteiger partial charge in [-0.1, -0.05) is 26.8 Å². The van der Waals surface area contributed by atoms with E-state index >= 15 is 4.39 Å². The van der Waals surface area contributed by atoms with Crippen molar-refractivity contribution < 1.29 is 22.7 Å². The summed E-state index contributed by atoms with van der Waals surface area (Å²) in [5, 5.41) is 13.7. The molecule has 3 aromatic rings. The van der Waals surface area contributed by atoms with Crippen LogP contribution in [0.15, 0.2) is 30.5 Å². The van der Waals surface area contributed by atoms with Gasteiger partial charge in [0.1, 0.15) is 11.5 Å². The first-order valence-corrected chi connectivity index (χ1v) is 13.4. The summed E-state index contributed by atoms with van der Waals surface area (Å²) in [5.74, 6) is 0.106. The molecule has 0 aliphatic heterocycles. The second-order valence-electron chi connectivity index (χ2n) is 10.1. The Kier molecular flexibility index (Phi) is 7.09. The monoisotopic (exact) mass is 531 g/mol. The number of imidazole rings is 1. The van der Waals surface area contributed by atoms with Crippen LogP contribution in [0.25, 0.3) is 22.6 Å². The second-order valence-corrected chi connectivity index (χ2v) is 12.0. The van der Waals surface area contributed by atoms with Gasteiger partial charge < -0.3 is 20.7 Å². The molecule has 1 aliphatic carbocycles. The third-order valence-corrected chi connectivity index (χ3v) is 7.58. The lowest BCUT2D eigenvalue weighted by molar-refractivity contribution is 0.191. The number of hydrogen-bond acceptors (Lipinski definition) is 7. The normalized spacial score (nSPS) is 14.7. The molecule has 1 aliphatic rings. The number of aromatic amines is 1. The van der Waals surface area contributed by atoms with E-state index in [0.717, 1.165) is 0 Å². The van der Waals surface area contributed by atoms with Gasteiger partial charge in [-0.2, -0.15) is 0 Å². The summed E-state index contributed by atoms with van der Waals surface area (Å²) in [5.41, 5.74) is 0.720. The molecule has 198 valence electrons. The van der Waals surface area contributed by atoms with Crippen LogP contribution in [0, 0.1) is 5.82 Å². The largest absolute Gasteiger partial charge is 0.465 e. The first kappa shape index (κ1) is 26.3. The molecule has 1 fully saturated rings. The molecule has 0 bridgehead atoms. The molecule has 1 amide bonds. The zero-order chi connectivity index (χ0) is 27.0. The minimum Gasteiger partial charge on any atom is -0.465 e. The van der Waals surface area contributed by atoms with Gasteiger partial charge in [-0.3, -0.25) is 4.72 Å². The number of rotatable bonds is 9. The smallest absolute Gasteiger partial charge is 0.404 e. The van der Waals surface area contributed by atoms with E-state index in [1.807, 2.05) is 20.8 Å². The maximum absolute atomic E-state index is 15.7. The fraction of sp³-hybridized carbons (Fsp3) is 0.417. The molecular weight excluding hydrogens is 501 g/mol. The molecule has 5 N–H and O–H groups in total. The number of H-pyrrole nitrogens is 1. The molecule has 4 rings (SSSR count). The van der Waals surface area contributed by atoms with Gasteiger partial charge in [-0.05, 0) is 38.0 Å². The molecule has 1 saturated carbocycles. The number of carbonyl (C=O) groups is 1. The number of halogens is 1. The number of nitrogens with zero attached hydrogens (tertiary/aromatic N) is 3. The minimum atomic E-state index is -3.66. The maximum atomic E-state index is 15.7. The molecule has 11 nitrogen and oxygen atoms in total. The quantitative estimate of drug-likeness (QED) is 0.277. The number of benzene rings is 1. The Labute approximate surface area is 214 Å². The number of nitrogens with one attached hydrogen (secondary N) is 4. The van der Waals surface area contributed by atoms with Crippen LogP contribution in [0.4, 0.5) is 20.8 Å². The SMILES string of the molecule is CC(CNc1nccc(-c2[nH]c(C(C)(C)C)nc2-c2cccc(NS(=O)(=O)C3CC3)c2F)n1)NC(=O)O. The molecule has 13 heteroatoms. The third kappa shape index (κ3) is 6.16. The van der Waals surface area contributed by atoms with Crippen molar-refractivity contribution in [1.82, 2.24) is 25.3 Å². The van der Waals surface area contributed by atoms with Crippen molar-refractivity contribution in [2.75, 3.05) is 16.6 Å². The first-order valence-electron chi connectivity index (χ1n) is 11.8. The van der Waals surface area contributed by atoms with E-state index in [-0.39, 0.29) is 29.4 Å². The van der Waals surface area contributed by atoms with Crippen LogP contribution in [0.2, 0.25) is 0 Å². The van der Waals surface area contributed by atoms with Crippen LogP contribution in [-0.2, 0) is 15.4 Å². The Balaban J connectivity index is 1.72. The third-order valence-electron chi connectivity index (χ3n) is 5.73. The molecule has 37 heavy (non-hydrogen) atoms. The zero-order valence-corrected chi connectivity index (χ0v) is 21.8. The summed E-state index contributed by atoms with van der Waals surface area (Å²) in [6.07, 6.45) is 1.51. The molecule has 0 spiro atoms. The van der Waals surface area contributed by atoms with Crippen LogP contribution >= 0.6 is 0 Å². The van der Waals surface area contributed by atoms with E-state index in [4.69, 9.17) is 5.11 Å². The van der Waals surface area contributed by atoms with Gasteiger partial charge in [0.25, 0.3) is 0 Å². The van der Waals surface area contributed by atoms with Crippen molar-refractivity contribution in [1.29, 1.82) is 0 Å². The van der Waals surface area contributed by atoms with Crippen LogP contribution in [-0.4, -0.2) is 57.4 Å². The van der Waals surface area contributed by atoms with Crippen LogP contribution in [0.1, 0.15) is 46.4 Å². The summed E-state index contributed by atoms with van der Waals surface area (Å²) < 4.78 is 42.9. The summed E-state index contributed by atoms with van der Waals surface area (Å²) in [4.78, 5) is 27.5. The van der Waals surface area contributed by atoms with Crippen molar-refractivity contribution in [2.24, 2.45) is 0 Å². The fourth-order valence-electron chi connectivity index (χ4n) is 3.61. The Bertz CT molecular complexity index is 1410. The lowest BCUT2D eigenvalue weighted by atomic mass is 9.96. The maximum Gasteiger partial charge on any atom is 0.404 e. The van der Waals surface area contributed by atoms with Gasteiger partial charge >= 0.3 is 6.09 Å². The highest BCUT2D eigenvalue weighted by Crippen LogP contribution is 2.37. The molecule has 2 aromatic heterocycles. The van der Waals surface area contributed by atoms with Crippen molar-refractivity contribution in [3.05, 3.63) is 42.1 Å². The summed E-state index contributed by atoms with van der Waals surface area (Å²) in [7, 11) is -3.66. The molecule has 1 unspecified atom stereocenters. The van der Waals surface area contributed by atoms with Gasteiger partial charge in [0.15, 0.2) is 5.82 Å².